The summed E-state index contributed by atoms with van der Waals surface area (Å²) in [4.78, 5) is -1.03. The van der Waals surface area contributed by atoms with Crippen LogP contribution in [-0.2, 0) is 20.2 Å². The molecule has 2 aromatic rings. The van der Waals surface area contributed by atoms with Crippen LogP contribution in [0.3, 0.4) is 0 Å². The van der Waals surface area contributed by atoms with Gasteiger partial charge >= 0.3 is 0 Å². The first-order chi connectivity index (χ1) is 8.60. The number of hydrogen-bond donors (Lipinski definition) is 3. The molecule has 0 unspecified atom stereocenters. The Bertz CT molecular complexity index is 870. The maximum absolute atomic E-state index is 11.2. The van der Waals surface area contributed by atoms with Crippen LogP contribution in [0.15, 0.2) is 40.1 Å². The molecule has 0 aliphatic heterocycles. The highest BCUT2D eigenvalue weighted by Crippen LogP contribution is 2.30. The molecule has 0 aromatic heterocycles. The van der Waals surface area contributed by atoms with E-state index < -0.39 is 30.0 Å². The quantitative estimate of drug-likeness (QED) is 0.554. The van der Waals surface area contributed by atoms with Gasteiger partial charge in [0.05, 0.1) is 4.90 Å². The van der Waals surface area contributed by atoms with E-state index in [9.17, 15) is 16.8 Å². The molecule has 0 spiro atoms. The van der Waals surface area contributed by atoms with Gasteiger partial charge in [-0.25, -0.2) is 0 Å². The van der Waals surface area contributed by atoms with Gasteiger partial charge in [0.2, 0.25) is 0 Å². The third-order valence-corrected chi connectivity index (χ3v) is 4.28. The summed E-state index contributed by atoms with van der Waals surface area (Å²) in [7, 11) is -9.08. The summed E-state index contributed by atoms with van der Waals surface area (Å²) in [5, 5.41) is 0.167. The first kappa shape index (κ1) is 13.7. The largest absolute Gasteiger partial charge is 0.398 e. The molecule has 9 heteroatoms. The summed E-state index contributed by atoms with van der Waals surface area (Å²) < 4.78 is 62.7. The van der Waals surface area contributed by atoms with Gasteiger partial charge in [0, 0.05) is 16.5 Å². The highest BCUT2D eigenvalue weighted by molar-refractivity contribution is 7.86. The minimum absolute atomic E-state index is 0.0318. The Balaban J connectivity index is 3.01. The van der Waals surface area contributed by atoms with E-state index in [1.807, 2.05) is 0 Å². The Kier molecular flexibility index (Phi) is 3.01. The van der Waals surface area contributed by atoms with Crippen LogP contribution in [0.2, 0.25) is 0 Å². The Morgan fingerprint density at radius 2 is 1.53 bits per heavy atom. The molecule has 0 saturated carbocycles. The number of hydrogen-bond acceptors (Lipinski definition) is 5. The second-order valence-electron chi connectivity index (χ2n) is 3.81. The van der Waals surface area contributed by atoms with E-state index in [1.54, 1.807) is 0 Å². The molecule has 0 saturated heterocycles. The Labute approximate surface area is 109 Å². The topological polar surface area (TPSA) is 135 Å². The van der Waals surface area contributed by atoms with Gasteiger partial charge in [0.15, 0.2) is 0 Å². The van der Waals surface area contributed by atoms with Crippen LogP contribution in [0.25, 0.3) is 10.8 Å². The van der Waals surface area contributed by atoms with Crippen LogP contribution in [0.1, 0.15) is 0 Å². The van der Waals surface area contributed by atoms with Crippen molar-refractivity contribution in [1.82, 2.24) is 0 Å². The summed E-state index contributed by atoms with van der Waals surface area (Å²) in [6.45, 7) is 0. The van der Waals surface area contributed by atoms with Crippen LogP contribution in [-0.4, -0.2) is 25.9 Å². The molecule has 0 fully saturated rings. The van der Waals surface area contributed by atoms with E-state index in [-0.39, 0.29) is 16.5 Å². The van der Waals surface area contributed by atoms with E-state index in [0.29, 0.717) is 0 Å². The standard InChI is InChI=1S/C10H9NO6S2/c11-9-5-6(18(12,13)14)4-8-7(9)2-1-3-10(8)19(15,16)17/h1-5H,11H2,(H,12,13,14)(H,15,16,17). The molecule has 102 valence electrons. The van der Waals surface area contributed by atoms with Gasteiger partial charge in [0.25, 0.3) is 20.2 Å². The summed E-state index contributed by atoms with van der Waals surface area (Å²) in [5.41, 5.74) is 5.58. The summed E-state index contributed by atoms with van der Waals surface area (Å²) in [5.74, 6) is 0. The molecule has 2 rings (SSSR count). The summed E-state index contributed by atoms with van der Waals surface area (Å²) in [6.07, 6.45) is 0. The van der Waals surface area contributed by atoms with Crippen LogP contribution < -0.4 is 5.73 Å². The molecule has 0 bridgehead atoms. The van der Waals surface area contributed by atoms with Gasteiger partial charge < -0.3 is 5.73 Å². The normalized spacial score (nSPS) is 12.7. The third kappa shape index (κ3) is 2.54. The monoisotopic (exact) mass is 303 g/mol. The second-order valence-corrected chi connectivity index (χ2v) is 6.63. The molecule has 19 heavy (non-hydrogen) atoms. The summed E-state index contributed by atoms with van der Waals surface area (Å²) in [6, 6.07) is 5.86. The molecule has 7 nitrogen and oxygen atoms in total. The number of nitrogens with two attached hydrogens (primary N) is 1. The minimum atomic E-state index is -4.54. The maximum atomic E-state index is 11.2. The van der Waals surface area contributed by atoms with Crippen molar-refractivity contribution in [3.05, 3.63) is 30.3 Å². The summed E-state index contributed by atoms with van der Waals surface area (Å²) >= 11 is 0. The van der Waals surface area contributed by atoms with E-state index in [1.165, 1.54) is 12.1 Å². The van der Waals surface area contributed by atoms with Gasteiger partial charge in [-0.15, -0.1) is 0 Å². The van der Waals surface area contributed by atoms with Gasteiger partial charge in [-0.3, -0.25) is 9.11 Å². The molecule has 0 heterocycles. The lowest BCUT2D eigenvalue weighted by atomic mass is 10.1. The second kappa shape index (κ2) is 4.17. The predicted octanol–water partition coefficient (Wildman–Crippen LogP) is 0.915. The SMILES string of the molecule is Nc1cc(S(=O)(=O)O)cc2c(S(=O)(=O)O)cccc12. The lowest BCUT2D eigenvalue weighted by molar-refractivity contribution is 0.480. The van der Waals surface area contributed by atoms with Crippen molar-refractivity contribution in [2.24, 2.45) is 0 Å². The van der Waals surface area contributed by atoms with Gasteiger partial charge in [-0.1, -0.05) is 12.1 Å². The van der Waals surface area contributed by atoms with Crippen LogP contribution in [0.5, 0.6) is 0 Å². The van der Waals surface area contributed by atoms with Crippen LogP contribution in [0.4, 0.5) is 5.69 Å². The first-order valence-corrected chi connectivity index (χ1v) is 7.76. The number of rotatable bonds is 2. The van der Waals surface area contributed by atoms with Crippen molar-refractivity contribution in [3.63, 3.8) is 0 Å². The smallest absolute Gasteiger partial charge is 0.295 e. The fourth-order valence-corrected chi connectivity index (χ4v) is 2.97. The first-order valence-electron chi connectivity index (χ1n) is 4.88. The molecule has 2 aromatic carbocycles. The van der Waals surface area contributed by atoms with E-state index in [4.69, 9.17) is 14.8 Å². The molecule has 0 aliphatic rings. The number of fused-ring (bicyclic) bond motifs is 1. The average Bonchev–Trinajstić information content (AvgIpc) is 2.25. The Morgan fingerprint density at radius 1 is 0.895 bits per heavy atom. The third-order valence-electron chi connectivity index (χ3n) is 2.54. The van der Waals surface area contributed by atoms with E-state index in [0.717, 1.165) is 18.2 Å². The zero-order chi connectivity index (χ0) is 14.4. The highest BCUT2D eigenvalue weighted by Gasteiger charge is 2.18. The molecule has 0 atom stereocenters. The minimum Gasteiger partial charge on any atom is -0.398 e. The molecular formula is C10H9NO6S2. The van der Waals surface area contributed by atoms with E-state index in [2.05, 4.69) is 0 Å². The van der Waals surface area contributed by atoms with Crippen molar-refractivity contribution in [2.75, 3.05) is 5.73 Å². The van der Waals surface area contributed by atoms with Crippen molar-refractivity contribution in [3.8, 4) is 0 Å². The molecule has 0 amide bonds. The number of benzene rings is 2. The molecule has 4 N–H and O–H groups in total. The lowest BCUT2D eigenvalue weighted by Gasteiger charge is -2.08. The van der Waals surface area contributed by atoms with E-state index >= 15 is 0 Å². The van der Waals surface area contributed by atoms with Crippen molar-refractivity contribution in [2.45, 2.75) is 9.79 Å². The zero-order valence-corrected chi connectivity index (χ0v) is 10.9. The zero-order valence-electron chi connectivity index (χ0n) is 9.31. The van der Waals surface area contributed by atoms with Gasteiger partial charge in [-0.05, 0) is 18.2 Å². The fourth-order valence-electron chi connectivity index (χ4n) is 1.73. The predicted molar refractivity (Wildman–Crippen MR) is 68.0 cm³/mol. The van der Waals surface area contributed by atoms with Crippen molar-refractivity contribution < 1.29 is 25.9 Å². The van der Waals surface area contributed by atoms with Crippen molar-refractivity contribution in [1.29, 1.82) is 0 Å². The Morgan fingerprint density at radius 3 is 2.05 bits per heavy atom. The lowest BCUT2D eigenvalue weighted by Crippen LogP contribution is -2.03. The molecular weight excluding hydrogens is 294 g/mol. The van der Waals surface area contributed by atoms with Gasteiger partial charge in [-0.2, -0.15) is 16.8 Å². The molecule has 0 radical (unpaired) electrons. The number of anilines is 1. The van der Waals surface area contributed by atoms with Crippen molar-refractivity contribution >= 4 is 36.7 Å². The maximum Gasteiger partial charge on any atom is 0.295 e. The number of nitrogen functional groups attached to an aromatic ring is 1. The van der Waals surface area contributed by atoms with Crippen LogP contribution >= 0.6 is 0 Å². The molecule has 0 aliphatic carbocycles. The highest BCUT2D eigenvalue weighted by atomic mass is 32.2. The fraction of sp³-hybridized carbons (Fsp3) is 0. The van der Waals surface area contributed by atoms with Gasteiger partial charge in [0.1, 0.15) is 4.90 Å². The Hall–Kier alpha value is -1.68. The average molecular weight is 303 g/mol. The van der Waals surface area contributed by atoms with Crippen LogP contribution in [0, 0.1) is 0 Å².